The molecule has 1 unspecified atom stereocenters. The van der Waals surface area contributed by atoms with E-state index in [1.807, 2.05) is 0 Å². The highest BCUT2D eigenvalue weighted by Gasteiger charge is 2.19. The van der Waals surface area contributed by atoms with Gasteiger partial charge in [-0.25, -0.2) is 0 Å². The van der Waals surface area contributed by atoms with E-state index in [9.17, 15) is 0 Å². The summed E-state index contributed by atoms with van der Waals surface area (Å²) in [7, 11) is 5.11. The molecule has 0 saturated carbocycles. The molecule has 50 valence electrons. The first kappa shape index (κ1) is 7.61. The Balaban J connectivity index is 2.74. The maximum atomic E-state index is 5.64. The second-order valence-corrected chi connectivity index (χ2v) is 4.23. The van der Waals surface area contributed by atoms with Crippen molar-refractivity contribution >= 4 is 44.2 Å². The van der Waals surface area contributed by atoms with E-state index >= 15 is 0 Å². The van der Waals surface area contributed by atoms with Crippen molar-refractivity contribution in [2.75, 3.05) is 0 Å². The van der Waals surface area contributed by atoms with Crippen LogP contribution in [0.5, 0.6) is 0 Å². The maximum absolute atomic E-state index is 5.64. The second kappa shape index (κ2) is 3.06. The number of hydrogen-bond acceptors (Lipinski definition) is 1. The molecule has 1 atom stereocenters. The van der Waals surface area contributed by atoms with Gasteiger partial charge in [0.1, 0.15) is 0 Å². The van der Waals surface area contributed by atoms with Crippen molar-refractivity contribution in [3.05, 3.63) is 21.7 Å². The normalized spacial score (nSPS) is 26.3. The molecule has 0 aromatic carbocycles. The molecule has 1 N–H and O–H groups in total. The molecular weight excluding hydrogens is 200 g/mol. The Bertz CT molecular complexity index is 177. The van der Waals surface area contributed by atoms with E-state index in [1.54, 1.807) is 11.5 Å². The summed E-state index contributed by atoms with van der Waals surface area (Å²) in [5, 5.41) is 2.76. The predicted molar refractivity (Wildman–Crippen MR) is 44.2 cm³/mol. The van der Waals surface area contributed by atoms with E-state index < -0.39 is 10.3 Å². The third-order valence-corrected chi connectivity index (χ3v) is 2.71. The Hall–Kier alpha value is 0.500. The van der Waals surface area contributed by atoms with Crippen LogP contribution in [0.2, 0.25) is 0 Å². The van der Waals surface area contributed by atoms with Crippen LogP contribution in [-0.4, -0.2) is 0 Å². The van der Waals surface area contributed by atoms with Crippen molar-refractivity contribution in [3.8, 4) is 0 Å². The van der Waals surface area contributed by atoms with Crippen LogP contribution in [0.25, 0.3) is 0 Å². The number of nitrogens with one attached hydrogen (secondary N) is 1. The fraction of sp³-hybridized carbons (Fsp3) is 0. The highest BCUT2D eigenvalue weighted by molar-refractivity contribution is 8.19. The lowest BCUT2D eigenvalue weighted by molar-refractivity contribution is 1.35. The van der Waals surface area contributed by atoms with Gasteiger partial charge in [-0.15, -0.1) is 0 Å². The molecule has 0 aromatic rings. The molecule has 1 aliphatic heterocycles. The molecule has 1 nitrogen and oxygen atoms in total. The highest BCUT2D eigenvalue weighted by atomic mass is 35.7. The van der Waals surface area contributed by atoms with E-state index in [0.29, 0.717) is 10.2 Å². The van der Waals surface area contributed by atoms with Crippen molar-refractivity contribution in [2.24, 2.45) is 0 Å². The minimum absolute atomic E-state index is 0.487. The number of hydrogen-bond donors (Lipinski definition) is 1. The second-order valence-electron chi connectivity index (χ2n) is 1.38. The zero-order chi connectivity index (χ0) is 6.85. The number of rotatable bonds is 0. The summed E-state index contributed by atoms with van der Waals surface area (Å²) in [6, 6.07) is 0. The van der Waals surface area contributed by atoms with E-state index in [4.69, 9.17) is 33.9 Å². The Morgan fingerprint density at radius 3 is 2.56 bits per heavy atom. The van der Waals surface area contributed by atoms with Crippen LogP contribution in [-0.2, 0) is 10.3 Å². The van der Waals surface area contributed by atoms with Crippen LogP contribution in [0.1, 0.15) is 0 Å². The molecule has 0 aromatic heterocycles. The van der Waals surface area contributed by atoms with E-state index in [-0.39, 0.29) is 0 Å². The smallest absolute Gasteiger partial charge is 0.174 e. The topological polar surface area (TPSA) is 12.0 Å². The van der Waals surface area contributed by atoms with Gasteiger partial charge in [0.15, 0.2) is 10.6 Å². The van der Waals surface area contributed by atoms with Gasteiger partial charge < -0.3 is 0 Å². The summed E-state index contributed by atoms with van der Waals surface area (Å²) >= 11 is 11.1. The lowest BCUT2D eigenvalue weighted by Gasteiger charge is -2.00. The molecule has 1 rings (SSSR count). The Morgan fingerprint density at radius 2 is 2.11 bits per heavy atom. The molecule has 0 saturated heterocycles. The van der Waals surface area contributed by atoms with E-state index in [2.05, 4.69) is 4.72 Å². The van der Waals surface area contributed by atoms with Crippen LogP contribution in [0.15, 0.2) is 21.7 Å². The standard InChI is InChI=1S/C4H3Cl3NS/c5-3-1-4(6)8-9(7)2-3/h1-2,8H/q+1. The van der Waals surface area contributed by atoms with Crippen LogP contribution >= 0.6 is 33.9 Å². The monoisotopic (exact) mass is 202 g/mol. The molecule has 0 fully saturated rings. The number of allylic oxidation sites excluding steroid dienone is 2. The lowest BCUT2D eigenvalue weighted by atomic mass is 10.6. The number of halogens is 3. The van der Waals surface area contributed by atoms with Crippen LogP contribution in [0, 0.1) is 0 Å². The lowest BCUT2D eigenvalue weighted by Crippen LogP contribution is -2.15. The highest BCUT2D eigenvalue weighted by Crippen LogP contribution is 2.19. The van der Waals surface area contributed by atoms with E-state index in [1.165, 1.54) is 0 Å². The maximum Gasteiger partial charge on any atom is 0.249 e. The Kier molecular flexibility index (Phi) is 2.59. The SMILES string of the molecule is ClC1=C[S+](Cl)NC(Cl)=C1. The average Bonchev–Trinajstić information content (AvgIpc) is 1.59. The summed E-state index contributed by atoms with van der Waals surface area (Å²) in [4.78, 5) is 0. The Labute approximate surface area is 70.6 Å². The minimum Gasteiger partial charge on any atom is -0.174 e. The van der Waals surface area contributed by atoms with Crippen molar-refractivity contribution in [1.82, 2.24) is 4.72 Å². The van der Waals surface area contributed by atoms with Gasteiger partial charge in [-0.2, -0.15) is 4.72 Å². The first-order chi connectivity index (χ1) is 4.18. The van der Waals surface area contributed by atoms with Crippen LogP contribution < -0.4 is 4.72 Å². The van der Waals surface area contributed by atoms with Crippen molar-refractivity contribution in [1.29, 1.82) is 0 Å². The molecule has 0 aliphatic carbocycles. The van der Waals surface area contributed by atoms with Gasteiger partial charge in [-0.05, 0) is 0 Å². The zero-order valence-corrected chi connectivity index (χ0v) is 7.28. The van der Waals surface area contributed by atoms with Crippen molar-refractivity contribution in [3.63, 3.8) is 0 Å². The molecule has 1 heterocycles. The fourth-order valence-corrected chi connectivity index (χ4v) is 2.57. The van der Waals surface area contributed by atoms with Gasteiger partial charge in [0.25, 0.3) is 0 Å². The van der Waals surface area contributed by atoms with Crippen molar-refractivity contribution < 1.29 is 0 Å². The summed E-state index contributed by atoms with van der Waals surface area (Å²) in [5.41, 5.74) is 0. The first-order valence-corrected chi connectivity index (χ1v) is 4.96. The van der Waals surface area contributed by atoms with Gasteiger partial charge in [0.05, 0.1) is 5.03 Å². The van der Waals surface area contributed by atoms with Crippen LogP contribution in [0.3, 0.4) is 0 Å². The molecule has 0 spiro atoms. The Morgan fingerprint density at radius 1 is 1.44 bits per heavy atom. The summed E-state index contributed by atoms with van der Waals surface area (Å²) < 4.78 is 2.77. The fourth-order valence-electron chi connectivity index (χ4n) is 0.406. The van der Waals surface area contributed by atoms with Gasteiger partial charge in [0, 0.05) is 6.08 Å². The van der Waals surface area contributed by atoms with Gasteiger partial charge >= 0.3 is 0 Å². The van der Waals surface area contributed by atoms with Crippen molar-refractivity contribution in [2.45, 2.75) is 0 Å². The molecule has 1 aliphatic rings. The van der Waals surface area contributed by atoms with E-state index in [0.717, 1.165) is 0 Å². The quantitative estimate of drug-likeness (QED) is 0.471. The van der Waals surface area contributed by atoms with Gasteiger partial charge in [-0.3, -0.25) is 0 Å². The van der Waals surface area contributed by atoms with Gasteiger partial charge in [0.2, 0.25) is 21.0 Å². The largest absolute Gasteiger partial charge is 0.249 e. The summed E-state index contributed by atoms with van der Waals surface area (Å²) in [6.07, 6.45) is 1.61. The predicted octanol–water partition coefficient (Wildman–Crippen LogP) is 2.44. The third kappa shape index (κ3) is 2.30. The molecule has 5 heteroatoms. The molecule has 9 heavy (non-hydrogen) atoms. The average molecular weight is 204 g/mol. The third-order valence-electron chi connectivity index (χ3n) is 0.676. The molecule has 0 radical (unpaired) electrons. The van der Waals surface area contributed by atoms with Crippen LogP contribution in [0.4, 0.5) is 0 Å². The minimum atomic E-state index is -0.522. The molecule has 0 bridgehead atoms. The van der Waals surface area contributed by atoms with Gasteiger partial charge in [-0.1, -0.05) is 23.2 Å². The zero-order valence-electron chi connectivity index (χ0n) is 4.20. The molecule has 0 amide bonds. The summed E-state index contributed by atoms with van der Waals surface area (Å²) in [5.74, 6) is 0. The first-order valence-electron chi connectivity index (χ1n) is 2.09. The summed E-state index contributed by atoms with van der Waals surface area (Å²) in [6.45, 7) is 0. The molecular formula is C4H3Cl3NS+.